The van der Waals surface area contributed by atoms with Crippen molar-refractivity contribution < 1.29 is 9.59 Å². The molecule has 0 aromatic carbocycles. The van der Waals surface area contributed by atoms with Crippen LogP contribution in [0.15, 0.2) is 5.38 Å². The second-order valence-electron chi connectivity index (χ2n) is 5.36. The highest BCUT2D eigenvalue weighted by Gasteiger charge is 2.42. The number of amides is 2. The van der Waals surface area contributed by atoms with E-state index in [0.29, 0.717) is 5.13 Å². The lowest BCUT2D eigenvalue weighted by atomic mass is 10.00. The number of aromatic nitrogens is 1. The van der Waals surface area contributed by atoms with Gasteiger partial charge in [-0.25, -0.2) is 4.98 Å². The van der Waals surface area contributed by atoms with E-state index in [0.717, 1.165) is 12.2 Å². The van der Waals surface area contributed by atoms with E-state index in [1.165, 1.54) is 11.3 Å². The van der Waals surface area contributed by atoms with E-state index in [1.54, 1.807) is 18.7 Å². The van der Waals surface area contributed by atoms with Gasteiger partial charge in [0.05, 0.1) is 5.69 Å². The SMILES string of the molecule is CCNC(C)c1csc(N2CC(=O)NC(=O)C2(C)C)n1. The van der Waals surface area contributed by atoms with Gasteiger partial charge >= 0.3 is 0 Å². The second-order valence-corrected chi connectivity index (χ2v) is 6.19. The molecular formula is C13H20N4O2S. The van der Waals surface area contributed by atoms with E-state index in [-0.39, 0.29) is 24.4 Å². The quantitative estimate of drug-likeness (QED) is 0.813. The van der Waals surface area contributed by atoms with Crippen LogP contribution in [0.25, 0.3) is 0 Å². The normalized spacial score (nSPS) is 19.9. The Hall–Kier alpha value is -1.47. The summed E-state index contributed by atoms with van der Waals surface area (Å²) in [5.41, 5.74) is 0.158. The topological polar surface area (TPSA) is 74.3 Å². The number of nitrogens with zero attached hydrogens (tertiary/aromatic N) is 2. The van der Waals surface area contributed by atoms with Crippen LogP contribution in [0.4, 0.5) is 5.13 Å². The van der Waals surface area contributed by atoms with Crippen molar-refractivity contribution in [3.8, 4) is 0 Å². The highest BCUT2D eigenvalue weighted by Crippen LogP contribution is 2.30. The number of hydrogen-bond acceptors (Lipinski definition) is 6. The van der Waals surface area contributed by atoms with Crippen molar-refractivity contribution >= 4 is 28.3 Å². The number of rotatable bonds is 4. The third-order valence-electron chi connectivity index (χ3n) is 3.48. The van der Waals surface area contributed by atoms with Gasteiger partial charge < -0.3 is 10.2 Å². The lowest BCUT2D eigenvalue weighted by Crippen LogP contribution is -2.64. The number of piperazine rings is 1. The molecule has 1 saturated heterocycles. The average Bonchev–Trinajstić information content (AvgIpc) is 2.83. The smallest absolute Gasteiger partial charge is 0.251 e. The summed E-state index contributed by atoms with van der Waals surface area (Å²) in [5.74, 6) is -0.573. The van der Waals surface area contributed by atoms with E-state index in [2.05, 4.69) is 15.6 Å². The standard InChI is InChI=1S/C13H20N4O2S/c1-5-14-8(2)9-7-20-12(15-9)17-6-10(18)16-11(19)13(17,3)4/h7-8,14H,5-6H2,1-4H3,(H,16,18,19). The van der Waals surface area contributed by atoms with Crippen LogP contribution < -0.4 is 15.5 Å². The van der Waals surface area contributed by atoms with E-state index in [1.807, 2.05) is 19.2 Å². The zero-order valence-electron chi connectivity index (χ0n) is 12.2. The summed E-state index contributed by atoms with van der Waals surface area (Å²) in [7, 11) is 0. The Balaban J connectivity index is 2.26. The van der Waals surface area contributed by atoms with Gasteiger partial charge in [0.1, 0.15) is 12.1 Å². The summed E-state index contributed by atoms with van der Waals surface area (Å²) >= 11 is 1.46. The maximum atomic E-state index is 11.9. The van der Waals surface area contributed by atoms with Crippen molar-refractivity contribution in [2.75, 3.05) is 18.0 Å². The van der Waals surface area contributed by atoms with Gasteiger partial charge in [-0.05, 0) is 27.3 Å². The number of thiazole rings is 1. The van der Waals surface area contributed by atoms with Crippen molar-refractivity contribution in [2.24, 2.45) is 0 Å². The largest absolute Gasteiger partial charge is 0.325 e. The van der Waals surface area contributed by atoms with E-state index >= 15 is 0 Å². The molecule has 20 heavy (non-hydrogen) atoms. The van der Waals surface area contributed by atoms with Gasteiger partial charge in [-0.1, -0.05) is 6.92 Å². The first kappa shape index (κ1) is 14.9. The molecule has 1 unspecified atom stereocenters. The number of anilines is 1. The lowest BCUT2D eigenvalue weighted by Gasteiger charge is -2.39. The number of carbonyl (C=O) groups is 2. The first-order valence-electron chi connectivity index (χ1n) is 6.67. The van der Waals surface area contributed by atoms with E-state index in [9.17, 15) is 9.59 Å². The van der Waals surface area contributed by atoms with Gasteiger partial charge in [0.15, 0.2) is 5.13 Å². The van der Waals surface area contributed by atoms with Crippen molar-refractivity contribution in [2.45, 2.75) is 39.3 Å². The van der Waals surface area contributed by atoms with Crippen LogP contribution in [0.3, 0.4) is 0 Å². The van der Waals surface area contributed by atoms with Crippen molar-refractivity contribution in [3.63, 3.8) is 0 Å². The van der Waals surface area contributed by atoms with Gasteiger partial charge in [-0.3, -0.25) is 14.9 Å². The summed E-state index contributed by atoms with van der Waals surface area (Å²) in [6, 6.07) is 0.155. The van der Waals surface area contributed by atoms with Crippen LogP contribution >= 0.6 is 11.3 Å². The summed E-state index contributed by atoms with van der Waals surface area (Å²) < 4.78 is 0. The van der Waals surface area contributed by atoms with Crippen molar-refractivity contribution in [1.82, 2.24) is 15.6 Å². The van der Waals surface area contributed by atoms with Crippen LogP contribution in [0.1, 0.15) is 39.4 Å². The number of nitrogens with one attached hydrogen (secondary N) is 2. The van der Waals surface area contributed by atoms with Gasteiger partial charge in [0.25, 0.3) is 5.91 Å². The Morgan fingerprint density at radius 2 is 2.25 bits per heavy atom. The number of imide groups is 1. The van der Waals surface area contributed by atoms with Gasteiger partial charge in [-0.2, -0.15) is 0 Å². The third-order valence-corrected chi connectivity index (χ3v) is 4.36. The maximum absolute atomic E-state index is 11.9. The predicted molar refractivity (Wildman–Crippen MR) is 78.8 cm³/mol. The molecule has 1 atom stereocenters. The van der Waals surface area contributed by atoms with Gasteiger partial charge in [-0.15, -0.1) is 11.3 Å². The minimum atomic E-state index is -0.773. The molecule has 0 aliphatic carbocycles. The zero-order chi connectivity index (χ0) is 14.9. The molecule has 6 nitrogen and oxygen atoms in total. The fourth-order valence-corrected chi connectivity index (χ4v) is 3.16. The average molecular weight is 296 g/mol. The molecule has 2 N–H and O–H groups in total. The Morgan fingerprint density at radius 1 is 1.55 bits per heavy atom. The van der Waals surface area contributed by atoms with Crippen LogP contribution in [-0.4, -0.2) is 35.4 Å². The summed E-state index contributed by atoms with van der Waals surface area (Å²) in [6.07, 6.45) is 0. The minimum Gasteiger partial charge on any atom is -0.325 e. The molecule has 1 aliphatic heterocycles. The molecule has 0 saturated carbocycles. The Bertz CT molecular complexity index is 526. The summed E-state index contributed by atoms with van der Waals surface area (Å²) in [6.45, 7) is 8.70. The molecule has 1 fully saturated rings. The fraction of sp³-hybridized carbons (Fsp3) is 0.615. The summed E-state index contributed by atoms with van der Waals surface area (Å²) in [4.78, 5) is 29.9. The second kappa shape index (κ2) is 5.49. The van der Waals surface area contributed by atoms with E-state index in [4.69, 9.17) is 0 Å². The molecule has 1 aromatic rings. The zero-order valence-corrected chi connectivity index (χ0v) is 13.0. The molecule has 0 radical (unpaired) electrons. The molecule has 1 aromatic heterocycles. The Morgan fingerprint density at radius 3 is 2.90 bits per heavy atom. The van der Waals surface area contributed by atoms with E-state index < -0.39 is 5.54 Å². The predicted octanol–water partition coefficient (Wildman–Crippen LogP) is 1.05. The van der Waals surface area contributed by atoms with Crippen molar-refractivity contribution in [1.29, 1.82) is 0 Å². The molecule has 2 rings (SSSR count). The molecule has 2 amide bonds. The van der Waals surface area contributed by atoms with Gasteiger partial charge in [0, 0.05) is 11.4 Å². The monoisotopic (exact) mass is 296 g/mol. The Labute approximate surface area is 122 Å². The van der Waals surface area contributed by atoms with Crippen LogP contribution in [0.2, 0.25) is 0 Å². The third kappa shape index (κ3) is 2.69. The first-order valence-corrected chi connectivity index (χ1v) is 7.55. The van der Waals surface area contributed by atoms with Crippen LogP contribution in [0, 0.1) is 0 Å². The van der Waals surface area contributed by atoms with Crippen LogP contribution in [0.5, 0.6) is 0 Å². The highest BCUT2D eigenvalue weighted by atomic mass is 32.1. The molecule has 0 spiro atoms. The molecule has 7 heteroatoms. The fourth-order valence-electron chi connectivity index (χ4n) is 2.10. The summed E-state index contributed by atoms with van der Waals surface area (Å²) in [5, 5.41) is 8.33. The lowest BCUT2D eigenvalue weighted by molar-refractivity contribution is -0.135. The van der Waals surface area contributed by atoms with Gasteiger partial charge in [0.2, 0.25) is 5.91 Å². The Kier molecular flexibility index (Phi) is 4.10. The number of carbonyl (C=O) groups excluding carboxylic acids is 2. The number of hydrogen-bond donors (Lipinski definition) is 2. The minimum absolute atomic E-state index is 0.154. The molecule has 0 bridgehead atoms. The molecule has 2 heterocycles. The van der Waals surface area contributed by atoms with Crippen molar-refractivity contribution in [3.05, 3.63) is 11.1 Å². The highest BCUT2D eigenvalue weighted by molar-refractivity contribution is 7.13. The molecule has 110 valence electrons. The molecule has 1 aliphatic rings. The maximum Gasteiger partial charge on any atom is 0.251 e. The molecular weight excluding hydrogens is 276 g/mol. The first-order chi connectivity index (χ1) is 9.36. The van der Waals surface area contributed by atoms with Crippen LogP contribution in [-0.2, 0) is 9.59 Å².